The van der Waals surface area contributed by atoms with Crippen molar-refractivity contribution >= 4 is 23.8 Å². The Kier molecular flexibility index (Phi) is 17.3. The molecule has 1 atom stereocenters. The van der Waals surface area contributed by atoms with Crippen molar-refractivity contribution in [2.45, 2.75) is 72.8 Å². The second-order valence-electron chi connectivity index (χ2n) is 7.55. The van der Waals surface area contributed by atoms with Crippen molar-refractivity contribution < 1.29 is 28.7 Å². The highest BCUT2D eigenvalue weighted by molar-refractivity contribution is 5.93. The normalized spacial score (nSPS) is 12.6. The van der Waals surface area contributed by atoms with Gasteiger partial charge >= 0.3 is 11.9 Å². The lowest BCUT2D eigenvalue weighted by atomic mass is 10.1. The molecule has 9 nitrogen and oxygen atoms in total. The van der Waals surface area contributed by atoms with Crippen molar-refractivity contribution in [3.63, 3.8) is 0 Å². The largest absolute Gasteiger partial charge is 0.464 e. The topological polar surface area (TPSA) is 123 Å². The van der Waals surface area contributed by atoms with Gasteiger partial charge in [0, 0.05) is 17.6 Å². The number of carbonyl (C=O) groups excluding carboxylic acids is 4. The third kappa shape index (κ3) is 14.9. The lowest BCUT2D eigenvalue weighted by Crippen LogP contribution is -2.39. The van der Waals surface area contributed by atoms with E-state index in [9.17, 15) is 19.2 Å². The molecule has 0 saturated heterocycles. The van der Waals surface area contributed by atoms with E-state index >= 15 is 0 Å². The van der Waals surface area contributed by atoms with Crippen LogP contribution < -0.4 is 16.0 Å². The van der Waals surface area contributed by atoms with E-state index in [4.69, 9.17) is 9.47 Å². The van der Waals surface area contributed by atoms with Crippen LogP contribution in [0.25, 0.3) is 0 Å². The Hall–Kier alpha value is -2.68. The van der Waals surface area contributed by atoms with Crippen molar-refractivity contribution in [2.24, 2.45) is 0 Å². The van der Waals surface area contributed by atoms with Crippen LogP contribution in [0.5, 0.6) is 0 Å². The summed E-state index contributed by atoms with van der Waals surface area (Å²) < 4.78 is 10.4. The van der Waals surface area contributed by atoms with Crippen LogP contribution in [0.4, 0.5) is 0 Å². The summed E-state index contributed by atoms with van der Waals surface area (Å²) in [5.41, 5.74) is 1.23. The summed E-state index contributed by atoms with van der Waals surface area (Å²) in [7, 11) is 0. The highest BCUT2D eigenvalue weighted by atomic mass is 16.5. The molecule has 1 unspecified atom stereocenters. The molecule has 0 aromatic carbocycles. The highest BCUT2D eigenvalue weighted by Gasteiger charge is 2.18. The average Bonchev–Trinajstić information content (AvgIpc) is 2.81. The SMILES string of the molecule is CC=C(C)C(=O)NCCOC(=O)CCCCCC(NCC)C(=O)OCCNC(=O)C(C)=CC. The summed E-state index contributed by atoms with van der Waals surface area (Å²) in [5.74, 6) is -0.993. The number of hydrogen-bond acceptors (Lipinski definition) is 7. The van der Waals surface area contributed by atoms with Gasteiger partial charge in [0.1, 0.15) is 19.3 Å². The van der Waals surface area contributed by atoms with Gasteiger partial charge in [-0.05, 0) is 47.1 Å². The zero-order valence-electron chi connectivity index (χ0n) is 20.8. The number of carbonyl (C=O) groups is 4. The summed E-state index contributed by atoms with van der Waals surface area (Å²) in [6, 6.07) is -0.417. The molecule has 0 saturated carbocycles. The smallest absolute Gasteiger partial charge is 0.323 e. The van der Waals surface area contributed by atoms with Crippen LogP contribution in [0.15, 0.2) is 23.3 Å². The van der Waals surface area contributed by atoms with E-state index in [1.165, 1.54) is 0 Å². The van der Waals surface area contributed by atoms with E-state index < -0.39 is 6.04 Å². The summed E-state index contributed by atoms with van der Waals surface area (Å²) in [6.45, 7) is 10.3. The monoisotopic (exact) mass is 467 g/mol. The van der Waals surface area contributed by atoms with Gasteiger partial charge in [-0.1, -0.05) is 31.9 Å². The fourth-order valence-corrected chi connectivity index (χ4v) is 2.70. The maximum absolute atomic E-state index is 12.3. The van der Waals surface area contributed by atoms with E-state index in [-0.39, 0.29) is 50.1 Å². The number of hydrogen-bond donors (Lipinski definition) is 3. The van der Waals surface area contributed by atoms with Crippen LogP contribution in [0.3, 0.4) is 0 Å². The van der Waals surface area contributed by atoms with E-state index in [1.807, 2.05) is 6.92 Å². The van der Waals surface area contributed by atoms with E-state index in [0.717, 1.165) is 12.8 Å². The Balaban J connectivity index is 4.00. The number of allylic oxidation sites excluding steroid dienone is 2. The lowest BCUT2D eigenvalue weighted by Gasteiger charge is -2.17. The fourth-order valence-electron chi connectivity index (χ4n) is 2.70. The zero-order valence-corrected chi connectivity index (χ0v) is 20.8. The molecule has 2 amide bonds. The number of unbranched alkanes of at least 4 members (excludes halogenated alkanes) is 2. The van der Waals surface area contributed by atoms with Gasteiger partial charge in [0.05, 0.1) is 13.1 Å². The third-order valence-electron chi connectivity index (χ3n) is 4.97. The second-order valence-corrected chi connectivity index (χ2v) is 7.55. The quantitative estimate of drug-likeness (QED) is 0.170. The number of esters is 2. The minimum Gasteiger partial charge on any atom is -0.464 e. The predicted molar refractivity (Wildman–Crippen MR) is 127 cm³/mol. The highest BCUT2D eigenvalue weighted by Crippen LogP contribution is 2.08. The Labute approximate surface area is 197 Å². The van der Waals surface area contributed by atoms with Crippen LogP contribution in [-0.2, 0) is 28.7 Å². The molecule has 0 aromatic heterocycles. The Bertz CT molecular complexity index is 688. The Morgan fingerprint density at radius 3 is 1.88 bits per heavy atom. The van der Waals surface area contributed by atoms with Crippen LogP contribution in [0, 0.1) is 0 Å². The fraction of sp³-hybridized carbons (Fsp3) is 0.667. The van der Waals surface area contributed by atoms with Gasteiger partial charge in [0.2, 0.25) is 11.8 Å². The molecule has 0 aliphatic heterocycles. The molecule has 0 bridgehead atoms. The summed E-state index contributed by atoms with van der Waals surface area (Å²) in [6.07, 6.45) is 6.53. The van der Waals surface area contributed by atoms with Crippen LogP contribution >= 0.6 is 0 Å². The first-order valence-electron chi connectivity index (χ1n) is 11.6. The van der Waals surface area contributed by atoms with E-state index in [1.54, 1.807) is 39.8 Å². The molecule has 0 rings (SSSR count). The van der Waals surface area contributed by atoms with Crippen LogP contribution in [0.2, 0.25) is 0 Å². The third-order valence-corrected chi connectivity index (χ3v) is 4.97. The van der Waals surface area contributed by atoms with Crippen molar-refractivity contribution in [2.75, 3.05) is 32.8 Å². The molecule has 0 aliphatic rings. The maximum Gasteiger partial charge on any atom is 0.323 e. The predicted octanol–water partition coefficient (Wildman–Crippen LogP) is 2.17. The molecule has 0 aromatic rings. The van der Waals surface area contributed by atoms with Crippen molar-refractivity contribution in [1.82, 2.24) is 16.0 Å². The first-order chi connectivity index (χ1) is 15.8. The number of amides is 2. The average molecular weight is 468 g/mol. The van der Waals surface area contributed by atoms with Crippen molar-refractivity contribution in [3.05, 3.63) is 23.3 Å². The van der Waals surface area contributed by atoms with Gasteiger partial charge in [-0.3, -0.25) is 19.2 Å². The standard InChI is InChI=1S/C24H41N3O6/c1-6-18(4)22(29)26-14-16-32-21(28)13-11-9-10-12-20(25-8-3)24(31)33-17-15-27-23(30)19(5)7-2/h6-7,20,25H,8-17H2,1-5H3,(H,26,29)(H,27,30). The van der Waals surface area contributed by atoms with Gasteiger partial charge in [-0.15, -0.1) is 0 Å². The number of ether oxygens (including phenoxy) is 2. The second kappa shape index (κ2) is 18.8. The summed E-state index contributed by atoms with van der Waals surface area (Å²) in [4.78, 5) is 47.3. The zero-order chi connectivity index (χ0) is 25.1. The van der Waals surface area contributed by atoms with Gasteiger partial charge in [0.25, 0.3) is 0 Å². The molecular formula is C24H41N3O6. The maximum atomic E-state index is 12.3. The molecule has 3 N–H and O–H groups in total. The lowest BCUT2D eigenvalue weighted by molar-refractivity contribution is -0.146. The molecule has 9 heteroatoms. The Morgan fingerprint density at radius 2 is 1.36 bits per heavy atom. The van der Waals surface area contributed by atoms with Gasteiger partial charge in [-0.25, -0.2) is 0 Å². The first kappa shape index (κ1) is 30.3. The summed E-state index contributed by atoms with van der Waals surface area (Å²) in [5, 5.41) is 8.48. The molecule has 188 valence electrons. The van der Waals surface area contributed by atoms with Gasteiger partial charge in [-0.2, -0.15) is 0 Å². The molecular weight excluding hydrogens is 426 g/mol. The van der Waals surface area contributed by atoms with Gasteiger partial charge in [0.15, 0.2) is 0 Å². The minimum absolute atomic E-state index is 0.115. The summed E-state index contributed by atoms with van der Waals surface area (Å²) >= 11 is 0. The first-order valence-corrected chi connectivity index (χ1v) is 11.6. The van der Waals surface area contributed by atoms with Crippen molar-refractivity contribution in [1.29, 1.82) is 0 Å². The molecule has 0 aliphatic carbocycles. The minimum atomic E-state index is -0.417. The van der Waals surface area contributed by atoms with E-state index in [2.05, 4.69) is 16.0 Å². The Morgan fingerprint density at radius 1 is 0.818 bits per heavy atom. The number of rotatable bonds is 17. The van der Waals surface area contributed by atoms with Gasteiger partial charge < -0.3 is 25.4 Å². The number of likely N-dealkylation sites (N-methyl/N-ethyl adjacent to an activating group) is 1. The van der Waals surface area contributed by atoms with Crippen LogP contribution in [0.1, 0.15) is 66.7 Å². The molecule has 0 heterocycles. The number of nitrogens with one attached hydrogen (secondary N) is 3. The molecule has 0 spiro atoms. The van der Waals surface area contributed by atoms with Crippen LogP contribution in [-0.4, -0.2) is 62.6 Å². The molecule has 0 fully saturated rings. The van der Waals surface area contributed by atoms with Crippen molar-refractivity contribution in [3.8, 4) is 0 Å². The van der Waals surface area contributed by atoms with E-state index in [0.29, 0.717) is 37.0 Å². The molecule has 33 heavy (non-hydrogen) atoms. The molecule has 0 radical (unpaired) electrons.